The highest BCUT2D eigenvalue weighted by Crippen LogP contribution is 2.34. The highest BCUT2D eigenvalue weighted by atomic mass is 32.2. The Bertz CT molecular complexity index is 795. The third-order valence-electron chi connectivity index (χ3n) is 5.63. The molecule has 2 aromatic rings. The number of rotatable bonds is 4. The zero-order chi connectivity index (χ0) is 18.8. The second kappa shape index (κ2) is 7.88. The van der Waals surface area contributed by atoms with Gasteiger partial charge in [0.2, 0.25) is 5.91 Å². The smallest absolute Gasteiger partial charge is 0.228 e. The molecule has 2 aliphatic heterocycles. The van der Waals surface area contributed by atoms with Crippen LogP contribution < -0.4 is 4.90 Å². The van der Waals surface area contributed by atoms with E-state index in [9.17, 15) is 4.79 Å². The minimum atomic E-state index is 0.0228. The Kier molecular flexibility index (Phi) is 5.33. The van der Waals surface area contributed by atoms with Crippen molar-refractivity contribution in [2.45, 2.75) is 36.9 Å². The Morgan fingerprint density at radius 1 is 1.19 bits per heavy atom. The molecule has 2 saturated heterocycles. The zero-order valence-electron chi connectivity index (χ0n) is 15.9. The number of thioether (sulfide) groups is 1. The van der Waals surface area contributed by atoms with Gasteiger partial charge in [-0.25, -0.2) is 4.98 Å². The van der Waals surface area contributed by atoms with Crippen molar-refractivity contribution < 1.29 is 4.79 Å². The number of anilines is 1. The Labute approximate surface area is 164 Å². The number of likely N-dealkylation sites (tertiary alicyclic amines) is 1. The van der Waals surface area contributed by atoms with Crippen LogP contribution in [0.1, 0.15) is 37.5 Å². The molecule has 27 heavy (non-hydrogen) atoms. The van der Waals surface area contributed by atoms with Crippen LogP contribution in [0.3, 0.4) is 0 Å². The highest BCUT2D eigenvalue weighted by molar-refractivity contribution is 7.98. The molecular weight excluding hydrogens is 360 g/mol. The lowest BCUT2D eigenvalue weighted by molar-refractivity contribution is -0.137. The molecular formula is C19H26N6OS. The lowest BCUT2D eigenvalue weighted by Crippen LogP contribution is -2.45. The minimum absolute atomic E-state index is 0.0228. The molecule has 1 amide bonds. The van der Waals surface area contributed by atoms with E-state index in [0.29, 0.717) is 0 Å². The number of pyridine rings is 1. The van der Waals surface area contributed by atoms with Gasteiger partial charge in [0.25, 0.3) is 0 Å². The summed E-state index contributed by atoms with van der Waals surface area (Å²) < 4.78 is 2.03. The predicted octanol–water partition coefficient (Wildman–Crippen LogP) is 2.51. The number of carbonyl (C=O) groups excluding carboxylic acids is 1. The van der Waals surface area contributed by atoms with Crippen molar-refractivity contribution in [3.05, 3.63) is 30.2 Å². The monoisotopic (exact) mass is 386 g/mol. The molecule has 2 fully saturated rings. The number of carbonyl (C=O) groups is 1. The molecule has 2 aromatic heterocycles. The van der Waals surface area contributed by atoms with Crippen LogP contribution in [0, 0.1) is 5.92 Å². The first-order chi connectivity index (χ1) is 13.2. The van der Waals surface area contributed by atoms with Crippen LogP contribution in [0.2, 0.25) is 0 Å². The molecule has 0 aromatic carbocycles. The number of piperidine rings is 1. The molecule has 0 saturated carbocycles. The number of aromatic nitrogens is 4. The van der Waals surface area contributed by atoms with Gasteiger partial charge < -0.3 is 14.4 Å². The number of hydrogen-bond acceptors (Lipinski definition) is 6. The third kappa shape index (κ3) is 3.54. The molecule has 4 rings (SSSR count). The summed E-state index contributed by atoms with van der Waals surface area (Å²) in [6.07, 6.45) is 7.76. The fourth-order valence-electron chi connectivity index (χ4n) is 4.26. The molecule has 0 spiro atoms. The fourth-order valence-corrected chi connectivity index (χ4v) is 4.74. The van der Waals surface area contributed by atoms with Gasteiger partial charge in [0.05, 0.1) is 12.0 Å². The summed E-state index contributed by atoms with van der Waals surface area (Å²) in [5.41, 5.74) is 0. The maximum absolute atomic E-state index is 13.4. The van der Waals surface area contributed by atoms with Gasteiger partial charge in [0.1, 0.15) is 5.82 Å². The second-order valence-corrected chi connectivity index (χ2v) is 8.04. The summed E-state index contributed by atoms with van der Waals surface area (Å²) in [6, 6.07) is 5.99. The van der Waals surface area contributed by atoms with E-state index in [0.717, 1.165) is 62.1 Å². The van der Waals surface area contributed by atoms with Crippen LogP contribution in [0.25, 0.3) is 0 Å². The summed E-state index contributed by atoms with van der Waals surface area (Å²) in [7, 11) is 1.99. The first kappa shape index (κ1) is 18.3. The number of hydrogen-bond donors (Lipinski definition) is 0. The van der Waals surface area contributed by atoms with Crippen LogP contribution in [-0.2, 0) is 11.8 Å². The maximum Gasteiger partial charge on any atom is 0.228 e. The molecule has 4 heterocycles. The number of amides is 1. The molecule has 144 valence electrons. The summed E-state index contributed by atoms with van der Waals surface area (Å²) >= 11 is 1.58. The molecule has 0 aliphatic carbocycles. The van der Waals surface area contributed by atoms with E-state index in [2.05, 4.69) is 20.1 Å². The average molecular weight is 387 g/mol. The van der Waals surface area contributed by atoms with Crippen molar-refractivity contribution in [1.29, 1.82) is 0 Å². The van der Waals surface area contributed by atoms with Gasteiger partial charge in [-0.05, 0) is 44.1 Å². The third-order valence-corrected chi connectivity index (χ3v) is 6.35. The van der Waals surface area contributed by atoms with Gasteiger partial charge in [-0.3, -0.25) is 4.79 Å². The van der Waals surface area contributed by atoms with Gasteiger partial charge in [-0.15, -0.1) is 10.2 Å². The summed E-state index contributed by atoms with van der Waals surface area (Å²) in [4.78, 5) is 22.1. The van der Waals surface area contributed by atoms with E-state index in [4.69, 9.17) is 0 Å². The molecule has 2 atom stereocenters. The van der Waals surface area contributed by atoms with Gasteiger partial charge in [0, 0.05) is 32.9 Å². The lowest BCUT2D eigenvalue weighted by Gasteiger charge is -2.36. The molecule has 8 heteroatoms. The van der Waals surface area contributed by atoms with E-state index in [1.165, 1.54) is 0 Å². The summed E-state index contributed by atoms with van der Waals surface area (Å²) in [5.74, 6) is 2.15. The summed E-state index contributed by atoms with van der Waals surface area (Å²) in [5, 5.41) is 9.54. The lowest BCUT2D eigenvalue weighted by atomic mass is 9.96. The molecule has 2 aliphatic rings. The van der Waals surface area contributed by atoms with Crippen molar-refractivity contribution in [1.82, 2.24) is 24.6 Å². The van der Waals surface area contributed by atoms with Crippen LogP contribution >= 0.6 is 11.8 Å². The van der Waals surface area contributed by atoms with Crippen molar-refractivity contribution in [2.75, 3.05) is 30.8 Å². The van der Waals surface area contributed by atoms with Gasteiger partial charge in [-0.2, -0.15) is 0 Å². The predicted molar refractivity (Wildman–Crippen MR) is 106 cm³/mol. The first-order valence-electron chi connectivity index (χ1n) is 9.58. The first-order valence-corrected chi connectivity index (χ1v) is 10.8. The molecule has 0 N–H and O–H groups in total. The summed E-state index contributed by atoms with van der Waals surface area (Å²) in [6.45, 7) is 2.52. The highest BCUT2D eigenvalue weighted by Gasteiger charge is 2.38. The molecule has 0 bridgehead atoms. The topological polar surface area (TPSA) is 67.2 Å². The van der Waals surface area contributed by atoms with E-state index in [-0.39, 0.29) is 17.9 Å². The Morgan fingerprint density at radius 3 is 2.78 bits per heavy atom. The normalized spacial score (nSPS) is 23.0. The fraction of sp³-hybridized carbons (Fsp3) is 0.579. The quantitative estimate of drug-likeness (QED) is 0.752. The average Bonchev–Trinajstić information content (AvgIpc) is 3.34. The van der Waals surface area contributed by atoms with Crippen molar-refractivity contribution >= 4 is 23.5 Å². The largest absolute Gasteiger partial charge is 0.356 e. The second-order valence-electron chi connectivity index (χ2n) is 7.27. The minimum Gasteiger partial charge on any atom is -0.356 e. The van der Waals surface area contributed by atoms with E-state index in [1.807, 2.05) is 47.2 Å². The van der Waals surface area contributed by atoms with Gasteiger partial charge >= 0.3 is 0 Å². The Hall–Kier alpha value is -2.09. The maximum atomic E-state index is 13.4. The molecule has 2 unspecified atom stereocenters. The van der Waals surface area contributed by atoms with E-state index < -0.39 is 0 Å². The Morgan fingerprint density at radius 2 is 2.04 bits per heavy atom. The van der Waals surface area contributed by atoms with E-state index in [1.54, 1.807) is 11.8 Å². The van der Waals surface area contributed by atoms with Crippen LogP contribution in [-0.4, -0.2) is 56.4 Å². The zero-order valence-corrected chi connectivity index (χ0v) is 16.7. The Balaban J connectivity index is 1.50. The van der Waals surface area contributed by atoms with Crippen molar-refractivity contribution in [3.63, 3.8) is 0 Å². The SMILES string of the molecule is CSc1nnc(C2CCCN2C(=O)C2CCCN(c3ccccn3)C2)n1C. The van der Waals surface area contributed by atoms with E-state index >= 15 is 0 Å². The van der Waals surface area contributed by atoms with Crippen LogP contribution in [0.15, 0.2) is 29.6 Å². The van der Waals surface area contributed by atoms with Crippen LogP contribution in [0.5, 0.6) is 0 Å². The van der Waals surface area contributed by atoms with Gasteiger partial charge in [0.15, 0.2) is 11.0 Å². The molecule has 0 radical (unpaired) electrons. The van der Waals surface area contributed by atoms with Crippen LogP contribution in [0.4, 0.5) is 5.82 Å². The van der Waals surface area contributed by atoms with Crippen molar-refractivity contribution in [2.24, 2.45) is 13.0 Å². The molecule has 7 nitrogen and oxygen atoms in total. The van der Waals surface area contributed by atoms with Gasteiger partial charge in [-0.1, -0.05) is 17.8 Å². The standard InChI is InChI=1S/C19H26N6OS/c1-23-17(21-22-19(23)27-2)15-8-6-12-25(15)18(26)14-7-5-11-24(13-14)16-9-3-4-10-20-16/h3-4,9-10,14-15H,5-8,11-13H2,1-2H3. The van der Waals surface area contributed by atoms with Crippen molar-refractivity contribution in [3.8, 4) is 0 Å². The number of nitrogens with zero attached hydrogens (tertiary/aromatic N) is 6.